The molecule has 0 bridgehead atoms. The lowest BCUT2D eigenvalue weighted by Crippen LogP contribution is -2.60. The summed E-state index contributed by atoms with van der Waals surface area (Å²) in [6.07, 6.45) is -6.29. The summed E-state index contributed by atoms with van der Waals surface area (Å²) in [5, 5.41) is 49.9. The number of methoxy groups -OCH3 is 3. The van der Waals surface area contributed by atoms with Crippen molar-refractivity contribution in [2.24, 2.45) is 11.8 Å². The first kappa shape index (κ1) is 28.7. The van der Waals surface area contributed by atoms with Crippen LogP contribution >= 0.6 is 0 Å². The molecule has 4 rings (SSSR count). The zero-order valence-electron chi connectivity index (χ0n) is 21.9. The molecule has 0 aliphatic carbocycles. The van der Waals surface area contributed by atoms with Crippen molar-refractivity contribution >= 4 is 5.97 Å². The number of carbonyl (C=O) groups is 1. The number of rotatable bonds is 10. The van der Waals surface area contributed by atoms with Crippen LogP contribution in [0.3, 0.4) is 0 Å². The van der Waals surface area contributed by atoms with Gasteiger partial charge in [-0.15, -0.1) is 0 Å². The van der Waals surface area contributed by atoms with E-state index in [0.717, 1.165) is 11.1 Å². The van der Waals surface area contributed by atoms with Crippen LogP contribution in [-0.2, 0) is 27.1 Å². The summed E-state index contributed by atoms with van der Waals surface area (Å²) in [6.45, 7) is -0.340. The fraction of sp³-hybridized carbons (Fsp3) is 0.519. The van der Waals surface area contributed by atoms with Gasteiger partial charge in [-0.25, -0.2) is 0 Å². The van der Waals surface area contributed by atoms with Crippen molar-refractivity contribution in [1.29, 1.82) is 0 Å². The number of aromatic hydroxyl groups is 1. The van der Waals surface area contributed by atoms with Crippen molar-refractivity contribution in [3.8, 4) is 28.7 Å². The summed E-state index contributed by atoms with van der Waals surface area (Å²) in [4.78, 5) is 12.6. The van der Waals surface area contributed by atoms with Crippen molar-refractivity contribution in [3.05, 3.63) is 41.5 Å². The molecule has 0 spiro atoms. The number of cyclic esters (lactones) is 1. The Morgan fingerprint density at radius 2 is 1.49 bits per heavy atom. The lowest BCUT2D eigenvalue weighted by Gasteiger charge is -2.39. The molecule has 2 aromatic carbocycles. The minimum atomic E-state index is -1.58. The Hall–Kier alpha value is -3.29. The largest absolute Gasteiger partial charge is 0.502 e. The molecule has 7 atom stereocenters. The van der Waals surface area contributed by atoms with Gasteiger partial charge in [-0.2, -0.15) is 0 Å². The van der Waals surface area contributed by atoms with Gasteiger partial charge in [0.25, 0.3) is 0 Å². The number of aliphatic hydroxyl groups is 4. The molecule has 5 N–H and O–H groups in total. The van der Waals surface area contributed by atoms with E-state index >= 15 is 0 Å². The van der Waals surface area contributed by atoms with Crippen molar-refractivity contribution in [2.45, 2.75) is 43.5 Å². The summed E-state index contributed by atoms with van der Waals surface area (Å²) < 4.78 is 32.4. The smallest absolute Gasteiger partial charge is 0.309 e. The minimum Gasteiger partial charge on any atom is -0.502 e. The molecule has 0 radical (unpaired) electrons. The lowest BCUT2D eigenvalue weighted by molar-refractivity contribution is -0.277. The molecule has 2 aliphatic heterocycles. The molecule has 0 saturated carbocycles. The van der Waals surface area contributed by atoms with E-state index in [4.69, 9.17) is 28.4 Å². The molecule has 0 aromatic heterocycles. The van der Waals surface area contributed by atoms with Gasteiger partial charge >= 0.3 is 5.97 Å². The van der Waals surface area contributed by atoms with Crippen molar-refractivity contribution < 1.29 is 58.7 Å². The highest BCUT2D eigenvalue weighted by Gasteiger charge is 2.45. The predicted molar refractivity (Wildman–Crippen MR) is 134 cm³/mol. The fourth-order valence-corrected chi connectivity index (χ4v) is 4.90. The van der Waals surface area contributed by atoms with Gasteiger partial charge < -0.3 is 54.0 Å². The quantitative estimate of drug-likeness (QED) is 0.254. The number of hydrogen-bond acceptors (Lipinski definition) is 12. The molecule has 214 valence electrons. The maximum Gasteiger partial charge on any atom is 0.309 e. The molecular formula is C27H34O12. The SMILES string of the molecule is COc1cc(C[C@H]2C(=O)OC[C@@H]2Cc2cc(OC)c(O)c(OC)c2)ccc1O[C@@H]1O[C@H](CO)[C@@H](O)[C@H](O)[C@H]1O. The van der Waals surface area contributed by atoms with E-state index in [1.807, 2.05) is 0 Å². The molecular weight excluding hydrogens is 516 g/mol. The fourth-order valence-electron chi connectivity index (χ4n) is 4.90. The second-order valence-electron chi connectivity index (χ2n) is 9.55. The van der Waals surface area contributed by atoms with Crippen molar-refractivity contribution in [2.75, 3.05) is 34.5 Å². The Morgan fingerprint density at radius 3 is 2.10 bits per heavy atom. The Kier molecular flexibility index (Phi) is 9.03. The van der Waals surface area contributed by atoms with E-state index in [9.17, 15) is 30.3 Å². The highest BCUT2D eigenvalue weighted by atomic mass is 16.7. The third-order valence-corrected chi connectivity index (χ3v) is 7.12. The number of carbonyl (C=O) groups excluding carboxylic acids is 1. The number of esters is 1. The van der Waals surface area contributed by atoms with E-state index in [1.165, 1.54) is 21.3 Å². The average molecular weight is 551 g/mol. The van der Waals surface area contributed by atoms with Crippen molar-refractivity contribution in [3.63, 3.8) is 0 Å². The van der Waals surface area contributed by atoms with E-state index in [-0.39, 0.29) is 41.5 Å². The maximum absolute atomic E-state index is 12.6. The van der Waals surface area contributed by atoms with Gasteiger partial charge in [0.1, 0.15) is 24.4 Å². The van der Waals surface area contributed by atoms with E-state index in [0.29, 0.717) is 18.6 Å². The zero-order chi connectivity index (χ0) is 28.3. The molecule has 12 nitrogen and oxygen atoms in total. The van der Waals surface area contributed by atoms with Crippen LogP contribution in [0.15, 0.2) is 30.3 Å². The molecule has 0 amide bonds. The highest BCUT2D eigenvalue weighted by Crippen LogP contribution is 2.39. The number of phenolic OH excluding ortho intramolecular Hbond substituents is 1. The van der Waals surface area contributed by atoms with Gasteiger partial charge in [0.2, 0.25) is 12.0 Å². The summed E-state index contributed by atoms with van der Waals surface area (Å²) >= 11 is 0. The first-order valence-electron chi connectivity index (χ1n) is 12.4. The van der Waals surface area contributed by atoms with Gasteiger partial charge in [0, 0.05) is 5.92 Å². The van der Waals surface area contributed by atoms with Crippen LogP contribution in [0.5, 0.6) is 28.7 Å². The molecule has 0 unspecified atom stereocenters. The Balaban J connectivity index is 1.49. The third kappa shape index (κ3) is 5.99. The number of aliphatic hydroxyl groups excluding tert-OH is 4. The first-order valence-corrected chi connectivity index (χ1v) is 12.4. The minimum absolute atomic E-state index is 0.0998. The van der Waals surface area contributed by atoms with Gasteiger partial charge in [0.15, 0.2) is 23.0 Å². The monoisotopic (exact) mass is 550 g/mol. The van der Waals surface area contributed by atoms with Gasteiger partial charge in [-0.1, -0.05) is 6.07 Å². The Labute approximate surface area is 225 Å². The molecule has 2 aliphatic rings. The van der Waals surface area contributed by atoms with E-state index in [1.54, 1.807) is 30.3 Å². The van der Waals surface area contributed by atoms with Crippen LogP contribution in [0.1, 0.15) is 11.1 Å². The van der Waals surface area contributed by atoms with Gasteiger partial charge in [-0.05, 0) is 48.2 Å². The van der Waals surface area contributed by atoms with Crippen LogP contribution in [0.2, 0.25) is 0 Å². The summed E-state index contributed by atoms with van der Waals surface area (Å²) in [5.41, 5.74) is 1.58. The lowest BCUT2D eigenvalue weighted by atomic mass is 9.85. The maximum atomic E-state index is 12.6. The molecule has 2 fully saturated rings. The molecule has 12 heteroatoms. The highest BCUT2D eigenvalue weighted by molar-refractivity contribution is 5.75. The van der Waals surface area contributed by atoms with Crippen LogP contribution in [0.25, 0.3) is 0 Å². The average Bonchev–Trinajstić information content (AvgIpc) is 3.28. The Morgan fingerprint density at radius 1 is 0.846 bits per heavy atom. The molecule has 2 heterocycles. The predicted octanol–water partition coefficient (Wildman–Crippen LogP) is 0.171. The summed E-state index contributed by atoms with van der Waals surface area (Å²) in [7, 11) is 4.32. The van der Waals surface area contributed by atoms with Crippen LogP contribution < -0.4 is 18.9 Å². The summed E-state index contributed by atoms with van der Waals surface area (Å²) in [6, 6.07) is 8.41. The second-order valence-corrected chi connectivity index (χ2v) is 9.55. The van der Waals surface area contributed by atoms with Gasteiger partial charge in [0.05, 0.1) is 40.5 Å². The number of hydrogen-bond donors (Lipinski definition) is 5. The summed E-state index contributed by atoms with van der Waals surface area (Å²) in [5.74, 6) is 0.0113. The normalized spacial score (nSPS) is 28.6. The number of benzene rings is 2. The van der Waals surface area contributed by atoms with Crippen LogP contribution in [0, 0.1) is 11.8 Å². The second kappa shape index (κ2) is 12.3. The van der Waals surface area contributed by atoms with Crippen molar-refractivity contribution in [1.82, 2.24) is 0 Å². The number of ether oxygens (including phenoxy) is 6. The van der Waals surface area contributed by atoms with E-state index < -0.39 is 43.2 Å². The zero-order valence-corrected chi connectivity index (χ0v) is 21.9. The standard InChI is InChI=1S/C27H34O12/c1-34-18-8-13(4-5-17(18)38-27-25(32)24(31)23(30)21(11-28)39-27)7-16-15(12-37-26(16)33)6-14-9-19(35-2)22(29)20(10-14)36-3/h4-5,8-10,15-16,21,23-25,27-32H,6-7,11-12H2,1-3H3/t15-,16+,21+,23+,24-,25+,27+/m0/s1. The topological polar surface area (TPSA) is 174 Å². The molecule has 2 saturated heterocycles. The van der Waals surface area contributed by atoms with E-state index in [2.05, 4.69) is 0 Å². The first-order chi connectivity index (χ1) is 18.7. The van der Waals surface area contributed by atoms with Crippen LogP contribution in [-0.4, -0.2) is 96.8 Å². The third-order valence-electron chi connectivity index (χ3n) is 7.12. The van der Waals surface area contributed by atoms with Gasteiger partial charge in [-0.3, -0.25) is 4.79 Å². The molecule has 39 heavy (non-hydrogen) atoms. The van der Waals surface area contributed by atoms with Crippen LogP contribution in [0.4, 0.5) is 0 Å². The number of phenols is 1. The molecule has 2 aromatic rings. The Bertz CT molecular complexity index is 1130.